The smallest absolute Gasteiger partial charge is 0.247 e. The summed E-state index contributed by atoms with van der Waals surface area (Å²) in [7, 11) is 1.66. The van der Waals surface area contributed by atoms with Crippen LogP contribution in [-0.2, 0) is 11.2 Å². The lowest BCUT2D eigenvalue weighted by atomic mass is 10.1. The number of carbonyl (C=O) groups excluding carboxylic acids is 1. The van der Waals surface area contributed by atoms with E-state index in [0.717, 1.165) is 47.3 Å². The molecule has 29 heavy (non-hydrogen) atoms. The van der Waals surface area contributed by atoms with Crippen molar-refractivity contribution in [1.82, 2.24) is 9.36 Å². The second-order valence-corrected chi connectivity index (χ2v) is 7.96. The highest BCUT2D eigenvalue weighted by atomic mass is 32.1. The van der Waals surface area contributed by atoms with E-state index < -0.39 is 0 Å². The standard InChI is InChI=1S/C22H24N4O2S/c1-15-8-10-17(11-9-15)23-21(27)19-7-4-12-26(19)22-24-20(25-29-22)14-16-5-3-6-18(13-16)28-2/h3,5-6,8-11,13,19H,4,7,12,14H2,1-2H3,(H,23,27)/t19-/m0/s1. The molecule has 1 fully saturated rings. The summed E-state index contributed by atoms with van der Waals surface area (Å²) in [4.78, 5) is 19.6. The largest absolute Gasteiger partial charge is 0.497 e. The number of nitrogens with zero attached hydrogens (tertiary/aromatic N) is 3. The van der Waals surface area contributed by atoms with Crippen molar-refractivity contribution in [3.8, 4) is 5.75 Å². The molecule has 0 radical (unpaired) electrons. The number of benzene rings is 2. The number of hydrogen-bond acceptors (Lipinski definition) is 6. The topological polar surface area (TPSA) is 67.3 Å². The van der Waals surface area contributed by atoms with Crippen LogP contribution in [0.25, 0.3) is 0 Å². The SMILES string of the molecule is COc1cccc(Cc2nsc(N3CCC[C@H]3C(=O)Nc3ccc(C)cc3)n2)c1. The Kier molecular flexibility index (Phi) is 5.76. The zero-order chi connectivity index (χ0) is 20.2. The molecule has 2 heterocycles. The Bertz CT molecular complexity index is 986. The van der Waals surface area contributed by atoms with E-state index in [2.05, 4.69) is 14.6 Å². The number of carbonyl (C=O) groups is 1. The Morgan fingerprint density at radius 1 is 1.28 bits per heavy atom. The van der Waals surface area contributed by atoms with Gasteiger partial charge >= 0.3 is 0 Å². The van der Waals surface area contributed by atoms with Crippen LogP contribution in [0.15, 0.2) is 48.5 Å². The number of amides is 1. The lowest BCUT2D eigenvalue weighted by molar-refractivity contribution is -0.117. The van der Waals surface area contributed by atoms with Crippen molar-refractivity contribution < 1.29 is 9.53 Å². The number of hydrogen-bond donors (Lipinski definition) is 1. The average molecular weight is 409 g/mol. The number of anilines is 2. The molecule has 0 saturated carbocycles. The Labute approximate surface area is 174 Å². The van der Waals surface area contributed by atoms with Gasteiger partial charge in [0.2, 0.25) is 11.0 Å². The van der Waals surface area contributed by atoms with Gasteiger partial charge < -0.3 is 15.0 Å². The van der Waals surface area contributed by atoms with Gasteiger partial charge in [-0.25, -0.2) is 4.98 Å². The molecular weight excluding hydrogens is 384 g/mol. The van der Waals surface area contributed by atoms with E-state index in [1.807, 2.05) is 55.5 Å². The molecule has 1 aromatic heterocycles. The van der Waals surface area contributed by atoms with Gasteiger partial charge in [-0.05, 0) is 49.6 Å². The summed E-state index contributed by atoms with van der Waals surface area (Å²) >= 11 is 1.36. The molecule has 1 aliphatic heterocycles. The molecule has 0 unspecified atom stereocenters. The zero-order valence-corrected chi connectivity index (χ0v) is 17.4. The molecule has 1 amide bonds. The van der Waals surface area contributed by atoms with E-state index in [0.29, 0.717) is 6.42 Å². The third-order valence-electron chi connectivity index (χ3n) is 5.07. The Balaban J connectivity index is 1.44. The predicted octanol–water partition coefficient (Wildman–Crippen LogP) is 4.05. The van der Waals surface area contributed by atoms with Crippen LogP contribution in [0.2, 0.25) is 0 Å². The highest BCUT2D eigenvalue weighted by Gasteiger charge is 2.33. The summed E-state index contributed by atoms with van der Waals surface area (Å²) in [5.74, 6) is 1.60. The summed E-state index contributed by atoms with van der Waals surface area (Å²) in [6.07, 6.45) is 2.43. The van der Waals surface area contributed by atoms with Crippen LogP contribution in [0.1, 0.15) is 29.8 Å². The fourth-order valence-corrected chi connectivity index (χ4v) is 4.29. The first-order chi connectivity index (χ1) is 14.1. The number of ether oxygens (including phenoxy) is 1. The second kappa shape index (κ2) is 8.61. The second-order valence-electron chi connectivity index (χ2n) is 7.23. The highest BCUT2D eigenvalue weighted by molar-refractivity contribution is 7.09. The van der Waals surface area contributed by atoms with Gasteiger partial charge in [-0.1, -0.05) is 29.8 Å². The molecule has 1 N–H and O–H groups in total. The fraction of sp³-hybridized carbons (Fsp3) is 0.318. The van der Waals surface area contributed by atoms with Gasteiger partial charge in [-0.3, -0.25) is 4.79 Å². The van der Waals surface area contributed by atoms with Crippen LogP contribution in [0.5, 0.6) is 5.75 Å². The van der Waals surface area contributed by atoms with E-state index in [9.17, 15) is 4.79 Å². The highest BCUT2D eigenvalue weighted by Crippen LogP contribution is 2.28. The van der Waals surface area contributed by atoms with E-state index in [-0.39, 0.29) is 11.9 Å². The van der Waals surface area contributed by atoms with E-state index in [1.54, 1.807) is 7.11 Å². The van der Waals surface area contributed by atoms with Crippen molar-refractivity contribution in [3.05, 3.63) is 65.5 Å². The van der Waals surface area contributed by atoms with Gasteiger partial charge in [-0.2, -0.15) is 4.37 Å². The Morgan fingerprint density at radius 3 is 2.90 bits per heavy atom. The van der Waals surface area contributed by atoms with Gasteiger partial charge in [0.1, 0.15) is 17.6 Å². The summed E-state index contributed by atoms with van der Waals surface area (Å²) in [6, 6.07) is 15.6. The van der Waals surface area contributed by atoms with Crippen LogP contribution in [0.3, 0.4) is 0 Å². The number of methoxy groups -OCH3 is 1. The predicted molar refractivity (Wildman–Crippen MR) is 116 cm³/mol. The quantitative estimate of drug-likeness (QED) is 0.666. The van der Waals surface area contributed by atoms with Crippen molar-refractivity contribution in [1.29, 1.82) is 0 Å². The summed E-state index contributed by atoms with van der Waals surface area (Å²) in [6.45, 7) is 2.85. The van der Waals surface area contributed by atoms with Crippen LogP contribution in [0, 0.1) is 6.92 Å². The maximum absolute atomic E-state index is 12.8. The van der Waals surface area contributed by atoms with Crippen molar-refractivity contribution in [2.24, 2.45) is 0 Å². The van der Waals surface area contributed by atoms with Crippen LogP contribution >= 0.6 is 11.5 Å². The number of aromatic nitrogens is 2. The molecule has 7 heteroatoms. The summed E-state index contributed by atoms with van der Waals surface area (Å²) in [5.41, 5.74) is 3.09. The van der Waals surface area contributed by atoms with Crippen molar-refractivity contribution in [2.75, 3.05) is 23.9 Å². The van der Waals surface area contributed by atoms with Gasteiger partial charge in [0, 0.05) is 30.2 Å². The van der Waals surface area contributed by atoms with Gasteiger partial charge in [-0.15, -0.1) is 0 Å². The summed E-state index contributed by atoms with van der Waals surface area (Å²) in [5, 5.41) is 3.84. The molecule has 1 aliphatic rings. The Morgan fingerprint density at radius 2 is 2.10 bits per heavy atom. The fourth-order valence-electron chi connectivity index (χ4n) is 3.53. The lowest BCUT2D eigenvalue weighted by Gasteiger charge is -2.22. The molecule has 0 spiro atoms. The van der Waals surface area contributed by atoms with Crippen molar-refractivity contribution >= 4 is 28.3 Å². The Hall–Kier alpha value is -2.93. The van der Waals surface area contributed by atoms with Crippen LogP contribution in [-0.4, -0.2) is 35.0 Å². The normalized spacial score (nSPS) is 16.1. The number of nitrogens with one attached hydrogen (secondary N) is 1. The third kappa shape index (κ3) is 4.56. The molecular formula is C22H24N4O2S. The maximum Gasteiger partial charge on any atom is 0.247 e. The van der Waals surface area contributed by atoms with Crippen molar-refractivity contribution in [2.45, 2.75) is 32.2 Å². The molecule has 4 rings (SSSR count). The molecule has 1 saturated heterocycles. The molecule has 150 valence electrons. The van der Waals surface area contributed by atoms with Crippen LogP contribution in [0.4, 0.5) is 10.8 Å². The minimum Gasteiger partial charge on any atom is -0.497 e. The van der Waals surface area contributed by atoms with Gasteiger partial charge in [0.05, 0.1) is 7.11 Å². The number of aryl methyl sites for hydroxylation is 1. The number of rotatable bonds is 6. The summed E-state index contributed by atoms with van der Waals surface area (Å²) < 4.78 is 9.80. The molecule has 6 nitrogen and oxygen atoms in total. The minimum absolute atomic E-state index is 0.0101. The molecule has 3 aromatic rings. The van der Waals surface area contributed by atoms with E-state index >= 15 is 0 Å². The minimum atomic E-state index is -0.214. The first-order valence-corrected chi connectivity index (χ1v) is 10.5. The van der Waals surface area contributed by atoms with Crippen molar-refractivity contribution in [3.63, 3.8) is 0 Å². The van der Waals surface area contributed by atoms with Gasteiger partial charge in [0.25, 0.3) is 0 Å². The average Bonchev–Trinajstić information content (AvgIpc) is 3.39. The molecule has 0 aliphatic carbocycles. The molecule has 0 bridgehead atoms. The molecule has 2 aromatic carbocycles. The zero-order valence-electron chi connectivity index (χ0n) is 16.6. The van der Waals surface area contributed by atoms with Crippen LogP contribution < -0.4 is 15.0 Å². The van der Waals surface area contributed by atoms with E-state index in [4.69, 9.17) is 9.72 Å². The lowest BCUT2D eigenvalue weighted by Crippen LogP contribution is -2.39. The maximum atomic E-state index is 12.8. The van der Waals surface area contributed by atoms with Gasteiger partial charge in [0.15, 0.2) is 0 Å². The first kappa shape index (κ1) is 19.4. The van der Waals surface area contributed by atoms with E-state index in [1.165, 1.54) is 17.1 Å². The first-order valence-electron chi connectivity index (χ1n) is 9.72. The third-order valence-corrected chi connectivity index (χ3v) is 5.87. The monoisotopic (exact) mass is 408 g/mol. The molecule has 1 atom stereocenters.